The van der Waals surface area contributed by atoms with Crippen LogP contribution in [0.15, 0.2) is 24.3 Å². The molecule has 2 nitrogen and oxygen atoms in total. The standard InChI is InChI=1S/C8H11FN2.2ClH/c9-7-3-1-2-6(4-7)8(11)5-10;;/h1-4,8H,5,10-11H2;2*1H. The van der Waals surface area contributed by atoms with Crippen molar-refractivity contribution >= 4 is 24.8 Å². The van der Waals surface area contributed by atoms with Crippen molar-refractivity contribution in [1.29, 1.82) is 0 Å². The van der Waals surface area contributed by atoms with Gasteiger partial charge in [0.05, 0.1) is 0 Å². The Morgan fingerprint density at radius 3 is 2.38 bits per heavy atom. The third-order valence-electron chi connectivity index (χ3n) is 1.53. The maximum Gasteiger partial charge on any atom is 0.123 e. The predicted octanol–water partition coefficient (Wildman–Crippen LogP) is 1.63. The molecule has 0 aliphatic heterocycles. The van der Waals surface area contributed by atoms with Crippen molar-refractivity contribution < 1.29 is 4.39 Å². The molecule has 0 aliphatic carbocycles. The molecule has 0 amide bonds. The molecule has 0 fully saturated rings. The summed E-state index contributed by atoms with van der Waals surface area (Å²) < 4.78 is 12.6. The van der Waals surface area contributed by atoms with Crippen molar-refractivity contribution in [3.63, 3.8) is 0 Å². The molecule has 4 N–H and O–H groups in total. The summed E-state index contributed by atoms with van der Waals surface area (Å²) in [6.07, 6.45) is 0. The van der Waals surface area contributed by atoms with Crippen molar-refractivity contribution in [3.8, 4) is 0 Å². The highest BCUT2D eigenvalue weighted by atomic mass is 35.5. The van der Waals surface area contributed by atoms with Gasteiger partial charge in [0.15, 0.2) is 0 Å². The summed E-state index contributed by atoms with van der Waals surface area (Å²) in [6.45, 7) is 0.337. The van der Waals surface area contributed by atoms with Crippen molar-refractivity contribution in [3.05, 3.63) is 35.6 Å². The van der Waals surface area contributed by atoms with Gasteiger partial charge in [0.1, 0.15) is 5.82 Å². The van der Waals surface area contributed by atoms with Crippen LogP contribution < -0.4 is 11.5 Å². The van der Waals surface area contributed by atoms with E-state index in [4.69, 9.17) is 11.5 Å². The second kappa shape index (κ2) is 7.09. The Hall–Kier alpha value is -0.350. The molecule has 5 heteroatoms. The van der Waals surface area contributed by atoms with Crippen LogP contribution in [0, 0.1) is 5.82 Å². The van der Waals surface area contributed by atoms with Gasteiger partial charge in [-0.25, -0.2) is 4.39 Å². The molecule has 76 valence electrons. The van der Waals surface area contributed by atoms with Gasteiger partial charge in [-0.3, -0.25) is 0 Å². The van der Waals surface area contributed by atoms with Gasteiger partial charge in [-0.15, -0.1) is 24.8 Å². The van der Waals surface area contributed by atoms with Gasteiger partial charge in [0.25, 0.3) is 0 Å². The van der Waals surface area contributed by atoms with Crippen LogP contribution in [0.25, 0.3) is 0 Å². The third-order valence-corrected chi connectivity index (χ3v) is 1.53. The number of benzene rings is 1. The minimum absolute atomic E-state index is 0. The predicted molar refractivity (Wildman–Crippen MR) is 56.9 cm³/mol. The fourth-order valence-corrected chi connectivity index (χ4v) is 0.873. The fourth-order valence-electron chi connectivity index (χ4n) is 0.873. The highest BCUT2D eigenvalue weighted by Gasteiger charge is 2.02. The molecular weight excluding hydrogens is 214 g/mol. The Balaban J connectivity index is 0. The minimum Gasteiger partial charge on any atom is -0.329 e. The number of nitrogens with two attached hydrogens (primary N) is 2. The fraction of sp³-hybridized carbons (Fsp3) is 0.250. The Labute approximate surface area is 89.3 Å². The Kier molecular flexibility index (Phi) is 8.26. The van der Waals surface area contributed by atoms with Crippen LogP contribution in [0.1, 0.15) is 11.6 Å². The second-order valence-corrected chi connectivity index (χ2v) is 2.40. The molecule has 0 bridgehead atoms. The lowest BCUT2D eigenvalue weighted by Crippen LogP contribution is -2.20. The van der Waals surface area contributed by atoms with E-state index >= 15 is 0 Å². The number of halogens is 3. The van der Waals surface area contributed by atoms with Gasteiger partial charge in [-0.2, -0.15) is 0 Å². The van der Waals surface area contributed by atoms with Crippen molar-refractivity contribution in [1.82, 2.24) is 0 Å². The monoisotopic (exact) mass is 226 g/mol. The first kappa shape index (κ1) is 15.1. The van der Waals surface area contributed by atoms with Crippen LogP contribution >= 0.6 is 24.8 Å². The van der Waals surface area contributed by atoms with E-state index in [1.54, 1.807) is 12.1 Å². The van der Waals surface area contributed by atoms with Crippen LogP contribution in [0.2, 0.25) is 0 Å². The average Bonchev–Trinajstić information content (AvgIpc) is 2.03. The molecule has 1 aromatic rings. The molecule has 0 spiro atoms. The molecular formula is C8H13Cl2FN2. The van der Waals surface area contributed by atoms with Gasteiger partial charge in [-0.05, 0) is 17.7 Å². The molecule has 1 aromatic carbocycles. The van der Waals surface area contributed by atoms with E-state index in [1.807, 2.05) is 0 Å². The number of hydrogen-bond acceptors (Lipinski definition) is 2. The van der Waals surface area contributed by atoms with E-state index in [-0.39, 0.29) is 36.7 Å². The van der Waals surface area contributed by atoms with E-state index in [0.717, 1.165) is 5.56 Å². The highest BCUT2D eigenvalue weighted by molar-refractivity contribution is 5.85. The van der Waals surface area contributed by atoms with Gasteiger partial charge in [0.2, 0.25) is 0 Å². The Bertz CT molecular complexity index is 245. The van der Waals surface area contributed by atoms with Crippen LogP contribution in [-0.4, -0.2) is 6.54 Å². The zero-order valence-corrected chi connectivity index (χ0v) is 8.58. The molecule has 0 saturated carbocycles. The topological polar surface area (TPSA) is 52.0 Å². The quantitative estimate of drug-likeness (QED) is 0.806. The lowest BCUT2D eigenvalue weighted by atomic mass is 10.1. The zero-order chi connectivity index (χ0) is 8.27. The highest BCUT2D eigenvalue weighted by Crippen LogP contribution is 2.09. The summed E-state index contributed by atoms with van der Waals surface area (Å²) >= 11 is 0. The maximum absolute atomic E-state index is 12.6. The van der Waals surface area contributed by atoms with Gasteiger partial charge >= 0.3 is 0 Å². The first-order valence-corrected chi connectivity index (χ1v) is 3.45. The Morgan fingerprint density at radius 2 is 1.92 bits per heavy atom. The molecule has 0 radical (unpaired) electrons. The molecule has 0 heterocycles. The molecule has 0 saturated heterocycles. The largest absolute Gasteiger partial charge is 0.329 e. The summed E-state index contributed by atoms with van der Waals surface area (Å²) in [5.74, 6) is -0.272. The van der Waals surface area contributed by atoms with E-state index in [9.17, 15) is 4.39 Å². The van der Waals surface area contributed by atoms with E-state index < -0.39 is 0 Å². The Morgan fingerprint density at radius 1 is 1.31 bits per heavy atom. The zero-order valence-electron chi connectivity index (χ0n) is 6.94. The lowest BCUT2D eigenvalue weighted by molar-refractivity contribution is 0.620. The SMILES string of the molecule is Cl.Cl.NCC(N)c1cccc(F)c1. The molecule has 13 heavy (non-hydrogen) atoms. The van der Waals surface area contributed by atoms with Crippen LogP contribution in [-0.2, 0) is 0 Å². The average molecular weight is 227 g/mol. The number of hydrogen-bond donors (Lipinski definition) is 2. The first-order chi connectivity index (χ1) is 5.24. The molecule has 1 unspecified atom stereocenters. The molecule has 1 rings (SSSR count). The van der Waals surface area contributed by atoms with Gasteiger partial charge < -0.3 is 11.5 Å². The van der Waals surface area contributed by atoms with Crippen molar-refractivity contribution in [2.45, 2.75) is 6.04 Å². The normalized spacial score (nSPS) is 11.0. The molecule has 0 aliphatic rings. The first-order valence-electron chi connectivity index (χ1n) is 3.45. The third kappa shape index (κ3) is 4.43. The maximum atomic E-state index is 12.6. The minimum atomic E-state index is -0.272. The van der Waals surface area contributed by atoms with E-state index in [0.29, 0.717) is 6.54 Å². The summed E-state index contributed by atoms with van der Waals surface area (Å²) in [7, 11) is 0. The van der Waals surface area contributed by atoms with Crippen LogP contribution in [0.4, 0.5) is 4.39 Å². The lowest BCUT2D eigenvalue weighted by Gasteiger charge is -2.07. The number of rotatable bonds is 2. The molecule has 0 aromatic heterocycles. The van der Waals surface area contributed by atoms with Crippen molar-refractivity contribution in [2.24, 2.45) is 11.5 Å². The van der Waals surface area contributed by atoms with Crippen LogP contribution in [0.3, 0.4) is 0 Å². The summed E-state index contributed by atoms with van der Waals surface area (Å²) in [4.78, 5) is 0. The smallest absolute Gasteiger partial charge is 0.123 e. The van der Waals surface area contributed by atoms with E-state index in [1.165, 1.54) is 12.1 Å². The van der Waals surface area contributed by atoms with Crippen LogP contribution in [0.5, 0.6) is 0 Å². The molecule has 1 atom stereocenters. The second-order valence-electron chi connectivity index (χ2n) is 2.40. The summed E-state index contributed by atoms with van der Waals surface area (Å²) in [5, 5.41) is 0. The summed E-state index contributed by atoms with van der Waals surface area (Å²) in [6, 6.07) is 5.91. The van der Waals surface area contributed by atoms with Gasteiger partial charge in [-0.1, -0.05) is 12.1 Å². The van der Waals surface area contributed by atoms with Crippen molar-refractivity contribution in [2.75, 3.05) is 6.54 Å². The summed E-state index contributed by atoms with van der Waals surface area (Å²) in [5.41, 5.74) is 11.6. The van der Waals surface area contributed by atoms with E-state index in [2.05, 4.69) is 0 Å². The van der Waals surface area contributed by atoms with Gasteiger partial charge in [0, 0.05) is 12.6 Å².